The van der Waals surface area contributed by atoms with Crippen LogP contribution in [-0.2, 0) is 13.0 Å². The van der Waals surface area contributed by atoms with E-state index in [1.54, 1.807) is 0 Å². The van der Waals surface area contributed by atoms with Crippen LogP contribution in [0, 0.1) is 5.92 Å². The van der Waals surface area contributed by atoms with E-state index >= 15 is 0 Å². The molecule has 1 saturated heterocycles. The highest BCUT2D eigenvalue weighted by Crippen LogP contribution is 2.24. The Morgan fingerprint density at radius 2 is 2.14 bits per heavy atom. The number of nitrogens with zero attached hydrogens (tertiary/aromatic N) is 2. The summed E-state index contributed by atoms with van der Waals surface area (Å²) in [5, 5.41) is 3.51. The summed E-state index contributed by atoms with van der Waals surface area (Å²) in [5.41, 5.74) is 2.60. The maximum Gasteiger partial charge on any atom is 0.129 e. The van der Waals surface area contributed by atoms with E-state index in [4.69, 9.17) is 4.98 Å². The van der Waals surface area contributed by atoms with Crippen molar-refractivity contribution in [2.75, 3.05) is 24.5 Å². The van der Waals surface area contributed by atoms with E-state index in [0.29, 0.717) is 0 Å². The molecule has 0 amide bonds. The summed E-state index contributed by atoms with van der Waals surface area (Å²) in [6.07, 6.45) is 6.17. The van der Waals surface area contributed by atoms with E-state index in [1.165, 1.54) is 55.8 Å². The molecule has 118 valence electrons. The molecule has 1 N–H and O–H groups in total. The van der Waals surface area contributed by atoms with Crippen LogP contribution in [0.2, 0.25) is 0 Å². The average Bonchev–Trinajstić information content (AvgIpc) is 2.55. The monoisotopic (exact) mass is 289 g/mol. The molecular formula is C18H31N3. The molecule has 0 aliphatic carbocycles. The third-order valence-electron chi connectivity index (χ3n) is 4.46. The third-order valence-corrected chi connectivity index (χ3v) is 4.46. The van der Waals surface area contributed by atoms with Crippen molar-refractivity contribution in [3.8, 4) is 0 Å². The van der Waals surface area contributed by atoms with Gasteiger partial charge in [0.2, 0.25) is 0 Å². The van der Waals surface area contributed by atoms with Crippen molar-refractivity contribution in [1.82, 2.24) is 10.3 Å². The summed E-state index contributed by atoms with van der Waals surface area (Å²) in [7, 11) is 0. The van der Waals surface area contributed by atoms with E-state index in [1.807, 2.05) is 0 Å². The van der Waals surface area contributed by atoms with Crippen LogP contribution in [0.25, 0.3) is 0 Å². The molecule has 3 nitrogen and oxygen atoms in total. The quantitative estimate of drug-likeness (QED) is 0.775. The van der Waals surface area contributed by atoms with Gasteiger partial charge in [0.05, 0.1) is 0 Å². The Morgan fingerprint density at radius 1 is 1.29 bits per heavy atom. The van der Waals surface area contributed by atoms with Crippen molar-refractivity contribution in [2.24, 2.45) is 5.92 Å². The van der Waals surface area contributed by atoms with Gasteiger partial charge >= 0.3 is 0 Å². The van der Waals surface area contributed by atoms with E-state index in [9.17, 15) is 0 Å². The van der Waals surface area contributed by atoms with Gasteiger partial charge in [-0.15, -0.1) is 0 Å². The minimum Gasteiger partial charge on any atom is -0.356 e. The Labute approximate surface area is 130 Å². The molecule has 0 bridgehead atoms. The second-order valence-corrected chi connectivity index (χ2v) is 6.22. The lowest BCUT2D eigenvalue weighted by atomic mass is 9.95. The minimum absolute atomic E-state index is 0.840. The highest BCUT2D eigenvalue weighted by atomic mass is 15.2. The van der Waals surface area contributed by atoms with Gasteiger partial charge < -0.3 is 10.2 Å². The van der Waals surface area contributed by atoms with Crippen LogP contribution in [0.15, 0.2) is 12.1 Å². The standard InChI is InChI=1S/C18H31N3/c1-4-9-19-13-16-11-17(6-3)20-18(12-16)21-10-7-8-15(5-2)14-21/h11-12,15,19H,4-10,13-14H2,1-3H3. The summed E-state index contributed by atoms with van der Waals surface area (Å²) in [6.45, 7) is 11.1. The second-order valence-electron chi connectivity index (χ2n) is 6.22. The van der Waals surface area contributed by atoms with Gasteiger partial charge in [-0.25, -0.2) is 4.98 Å². The first kappa shape index (κ1) is 16.3. The first-order valence-electron chi connectivity index (χ1n) is 8.72. The number of rotatable bonds is 7. The molecule has 1 atom stereocenters. The lowest BCUT2D eigenvalue weighted by Gasteiger charge is -2.33. The number of hydrogen-bond acceptors (Lipinski definition) is 3. The maximum atomic E-state index is 4.87. The summed E-state index contributed by atoms with van der Waals surface area (Å²) in [6, 6.07) is 4.55. The maximum absolute atomic E-state index is 4.87. The number of hydrogen-bond donors (Lipinski definition) is 1. The zero-order chi connectivity index (χ0) is 15.1. The molecule has 3 heteroatoms. The molecule has 0 spiro atoms. The number of nitrogens with one attached hydrogen (secondary N) is 1. The van der Waals surface area contributed by atoms with Crippen LogP contribution in [0.4, 0.5) is 5.82 Å². The molecule has 21 heavy (non-hydrogen) atoms. The van der Waals surface area contributed by atoms with Crippen molar-refractivity contribution in [2.45, 2.75) is 59.4 Å². The zero-order valence-electron chi connectivity index (χ0n) is 14.0. The summed E-state index contributed by atoms with van der Waals surface area (Å²) >= 11 is 0. The summed E-state index contributed by atoms with van der Waals surface area (Å²) < 4.78 is 0. The zero-order valence-corrected chi connectivity index (χ0v) is 14.0. The topological polar surface area (TPSA) is 28.2 Å². The van der Waals surface area contributed by atoms with Crippen LogP contribution in [-0.4, -0.2) is 24.6 Å². The smallest absolute Gasteiger partial charge is 0.129 e. The molecule has 2 rings (SSSR count). The van der Waals surface area contributed by atoms with Gasteiger partial charge in [0.1, 0.15) is 5.82 Å². The molecule has 2 heterocycles. The Bertz CT molecular complexity index is 430. The van der Waals surface area contributed by atoms with Crippen molar-refractivity contribution in [3.63, 3.8) is 0 Å². The number of aromatic nitrogens is 1. The Morgan fingerprint density at radius 3 is 2.86 bits per heavy atom. The van der Waals surface area contributed by atoms with Crippen molar-refractivity contribution >= 4 is 5.82 Å². The normalized spacial score (nSPS) is 19.0. The van der Waals surface area contributed by atoms with Gasteiger partial charge in [0.25, 0.3) is 0 Å². The third kappa shape index (κ3) is 4.70. The number of aryl methyl sites for hydroxylation is 1. The summed E-state index contributed by atoms with van der Waals surface area (Å²) in [5.74, 6) is 2.04. The first-order chi connectivity index (χ1) is 10.3. The largest absolute Gasteiger partial charge is 0.356 e. The lowest BCUT2D eigenvalue weighted by molar-refractivity contribution is 0.403. The highest BCUT2D eigenvalue weighted by molar-refractivity contribution is 5.43. The van der Waals surface area contributed by atoms with Crippen LogP contribution < -0.4 is 10.2 Å². The molecule has 0 saturated carbocycles. The Balaban J connectivity index is 2.11. The molecule has 1 aliphatic heterocycles. The van der Waals surface area contributed by atoms with Gasteiger partial charge in [0.15, 0.2) is 0 Å². The number of piperidine rings is 1. The molecular weight excluding hydrogens is 258 g/mol. The molecule has 1 fully saturated rings. The predicted octanol–water partition coefficient (Wildman–Crippen LogP) is 3.77. The SMILES string of the molecule is CCCNCc1cc(CC)nc(N2CCCC(CC)C2)c1. The van der Waals surface area contributed by atoms with Crippen LogP contribution in [0.5, 0.6) is 0 Å². The summed E-state index contributed by atoms with van der Waals surface area (Å²) in [4.78, 5) is 7.37. The van der Waals surface area contributed by atoms with Crippen molar-refractivity contribution in [1.29, 1.82) is 0 Å². The van der Waals surface area contributed by atoms with E-state index in [2.05, 4.69) is 43.1 Å². The predicted molar refractivity (Wildman–Crippen MR) is 90.8 cm³/mol. The molecule has 1 aromatic rings. The number of pyridine rings is 1. The Hall–Kier alpha value is -1.09. The van der Waals surface area contributed by atoms with Crippen LogP contribution in [0.3, 0.4) is 0 Å². The highest BCUT2D eigenvalue weighted by Gasteiger charge is 2.20. The molecule has 1 aliphatic rings. The fourth-order valence-electron chi connectivity index (χ4n) is 3.09. The molecule has 1 unspecified atom stereocenters. The van der Waals surface area contributed by atoms with Gasteiger partial charge in [-0.3, -0.25) is 0 Å². The van der Waals surface area contributed by atoms with E-state index in [0.717, 1.165) is 25.4 Å². The van der Waals surface area contributed by atoms with Gasteiger partial charge in [-0.2, -0.15) is 0 Å². The molecule has 0 aromatic carbocycles. The fraction of sp³-hybridized carbons (Fsp3) is 0.722. The lowest BCUT2D eigenvalue weighted by Crippen LogP contribution is -2.36. The van der Waals surface area contributed by atoms with Crippen LogP contribution in [0.1, 0.15) is 57.7 Å². The molecule has 0 radical (unpaired) electrons. The fourth-order valence-corrected chi connectivity index (χ4v) is 3.09. The Kier molecular flexibility index (Phi) is 6.50. The van der Waals surface area contributed by atoms with Crippen molar-refractivity contribution < 1.29 is 0 Å². The van der Waals surface area contributed by atoms with Gasteiger partial charge in [-0.1, -0.05) is 27.2 Å². The first-order valence-corrected chi connectivity index (χ1v) is 8.72. The van der Waals surface area contributed by atoms with Crippen LogP contribution >= 0.6 is 0 Å². The van der Waals surface area contributed by atoms with Crippen molar-refractivity contribution in [3.05, 3.63) is 23.4 Å². The number of anilines is 1. The average molecular weight is 289 g/mol. The van der Waals surface area contributed by atoms with E-state index in [-0.39, 0.29) is 0 Å². The van der Waals surface area contributed by atoms with Gasteiger partial charge in [0, 0.05) is 25.3 Å². The second kappa shape index (κ2) is 8.38. The molecule has 1 aromatic heterocycles. The van der Waals surface area contributed by atoms with E-state index < -0.39 is 0 Å². The van der Waals surface area contributed by atoms with Gasteiger partial charge in [-0.05, 0) is 55.8 Å². The minimum atomic E-state index is 0.840.